The van der Waals surface area contributed by atoms with Crippen molar-refractivity contribution >= 4 is 21.4 Å². The van der Waals surface area contributed by atoms with Crippen LogP contribution in [0.4, 0.5) is 0 Å². The minimum atomic E-state index is 0.751. The van der Waals surface area contributed by atoms with Crippen molar-refractivity contribution in [3.05, 3.63) is 29.1 Å². The van der Waals surface area contributed by atoms with Gasteiger partial charge in [0, 0.05) is 27.0 Å². The molecule has 2 saturated heterocycles. The second-order valence-corrected chi connectivity index (χ2v) is 6.94. The maximum Gasteiger partial charge on any atom is 0.127 e. The predicted octanol–water partition coefficient (Wildman–Crippen LogP) is 3.91. The molecule has 1 N–H and O–H groups in total. The highest BCUT2D eigenvalue weighted by molar-refractivity contribution is 7.19. The minimum Gasteiger partial charge on any atom is -0.496 e. The Morgan fingerprint density at radius 3 is 2.74 bits per heavy atom. The third-order valence-electron chi connectivity index (χ3n) is 4.64. The first-order valence-corrected chi connectivity index (χ1v) is 7.97. The van der Waals surface area contributed by atoms with Crippen LogP contribution in [0.3, 0.4) is 0 Å². The molecule has 2 fully saturated rings. The Bertz CT molecular complexity index is 594. The quantitative estimate of drug-likeness (QED) is 0.896. The van der Waals surface area contributed by atoms with E-state index in [0.717, 1.165) is 23.8 Å². The molecule has 2 bridgehead atoms. The number of methoxy groups -OCH3 is 1. The standard InChI is InChI=1S/C16H19NOS/c1-18-14-3-2-4-15-13(14)9-16(19-15)10-7-11-5-6-12(8-10)17-11/h2-4,9-12,17H,5-8H2,1H3/t10-,11+,12-. The minimum absolute atomic E-state index is 0.751. The Morgan fingerprint density at radius 2 is 2.00 bits per heavy atom. The fourth-order valence-electron chi connectivity index (χ4n) is 3.72. The highest BCUT2D eigenvalue weighted by Gasteiger charge is 2.34. The average molecular weight is 273 g/mol. The van der Waals surface area contributed by atoms with Gasteiger partial charge < -0.3 is 10.1 Å². The van der Waals surface area contributed by atoms with Gasteiger partial charge in [0.15, 0.2) is 0 Å². The molecule has 2 nitrogen and oxygen atoms in total. The van der Waals surface area contributed by atoms with Crippen LogP contribution < -0.4 is 10.1 Å². The summed E-state index contributed by atoms with van der Waals surface area (Å²) < 4.78 is 6.84. The van der Waals surface area contributed by atoms with Crippen LogP contribution in [-0.2, 0) is 0 Å². The van der Waals surface area contributed by atoms with E-state index >= 15 is 0 Å². The van der Waals surface area contributed by atoms with E-state index < -0.39 is 0 Å². The van der Waals surface area contributed by atoms with E-state index in [1.807, 2.05) is 11.3 Å². The third kappa shape index (κ3) is 1.96. The lowest BCUT2D eigenvalue weighted by molar-refractivity contribution is 0.366. The molecule has 0 radical (unpaired) electrons. The molecule has 3 atom stereocenters. The third-order valence-corrected chi connectivity index (χ3v) is 5.90. The summed E-state index contributed by atoms with van der Waals surface area (Å²) in [5.74, 6) is 1.76. The van der Waals surface area contributed by atoms with Crippen LogP contribution in [-0.4, -0.2) is 19.2 Å². The number of hydrogen-bond acceptors (Lipinski definition) is 3. The Labute approximate surface area is 117 Å². The lowest BCUT2D eigenvalue weighted by Gasteiger charge is -2.28. The molecule has 19 heavy (non-hydrogen) atoms. The number of rotatable bonds is 2. The highest BCUT2D eigenvalue weighted by atomic mass is 32.1. The Morgan fingerprint density at radius 1 is 1.21 bits per heavy atom. The van der Waals surface area contributed by atoms with Crippen LogP contribution in [0.2, 0.25) is 0 Å². The topological polar surface area (TPSA) is 21.3 Å². The van der Waals surface area contributed by atoms with Crippen molar-refractivity contribution in [2.45, 2.75) is 43.7 Å². The Kier molecular flexibility index (Phi) is 2.78. The van der Waals surface area contributed by atoms with Gasteiger partial charge in [-0.3, -0.25) is 0 Å². The van der Waals surface area contributed by atoms with Crippen molar-refractivity contribution in [3.8, 4) is 5.75 Å². The molecule has 0 amide bonds. The molecular formula is C16H19NOS. The molecule has 2 aliphatic heterocycles. The SMILES string of the molecule is COc1cccc2sc([C@H]3C[C@H]4CC[C@@H](C3)N4)cc12. The lowest BCUT2D eigenvalue weighted by Crippen LogP contribution is -2.36. The maximum absolute atomic E-state index is 5.48. The normalized spacial score (nSPS) is 29.8. The van der Waals surface area contributed by atoms with Crippen molar-refractivity contribution in [2.75, 3.05) is 7.11 Å². The van der Waals surface area contributed by atoms with Crippen LogP contribution in [0.15, 0.2) is 24.3 Å². The largest absolute Gasteiger partial charge is 0.496 e. The summed E-state index contributed by atoms with van der Waals surface area (Å²) >= 11 is 1.96. The zero-order valence-corrected chi connectivity index (χ0v) is 12.0. The van der Waals surface area contributed by atoms with E-state index in [1.165, 1.54) is 35.8 Å². The molecule has 2 aromatic rings. The summed E-state index contributed by atoms with van der Waals surface area (Å²) in [4.78, 5) is 1.55. The van der Waals surface area contributed by atoms with E-state index in [0.29, 0.717) is 0 Å². The molecule has 0 spiro atoms. The first kappa shape index (κ1) is 11.7. The summed E-state index contributed by atoms with van der Waals surface area (Å²) in [6, 6.07) is 10.3. The zero-order valence-electron chi connectivity index (χ0n) is 11.2. The number of thiophene rings is 1. The fourth-order valence-corrected chi connectivity index (χ4v) is 4.93. The summed E-state index contributed by atoms with van der Waals surface area (Å²) in [5.41, 5.74) is 0. The smallest absolute Gasteiger partial charge is 0.127 e. The molecule has 2 aliphatic rings. The van der Waals surface area contributed by atoms with E-state index in [9.17, 15) is 0 Å². The lowest BCUT2D eigenvalue weighted by atomic mass is 9.91. The monoisotopic (exact) mass is 273 g/mol. The van der Waals surface area contributed by atoms with E-state index in [2.05, 4.69) is 29.6 Å². The van der Waals surface area contributed by atoms with Crippen molar-refractivity contribution < 1.29 is 4.74 Å². The zero-order chi connectivity index (χ0) is 12.8. The molecule has 0 unspecified atom stereocenters. The van der Waals surface area contributed by atoms with Crippen molar-refractivity contribution in [2.24, 2.45) is 0 Å². The van der Waals surface area contributed by atoms with Crippen LogP contribution in [0.5, 0.6) is 5.75 Å². The molecule has 1 aromatic heterocycles. The van der Waals surface area contributed by atoms with E-state index in [4.69, 9.17) is 4.74 Å². The second kappa shape index (κ2) is 4.50. The Hall–Kier alpha value is -1.06. The number of fused-ring (bicyclic) bond motifs is 3. The highest BCUT2D eigenvalue weighted by Crippen LogP contribution is 2.43. The van der Waals surface area contributed by atoms with Gasteiger partial charge in [0.05, 0.1) is 7.11 Å². The summed E-state index contributed by atoms with van der Waals surface area (Å²) in [5, 5.41) is 5.01. The van der Waals surface area contributed by atoms with Gasteiger partial charge >= 0.3 is 0 Å². The number of piperidine rings is 1. The molecule has 100 valence electrons. The summed E-state index contributed by atoms with van der Waals surface area (Å²) in [6.07, 6.45) is 5.36. The first-order chi connectivity index (χ1) is 9.33. The molecule has 1 aromatic carbocycles. The van der Waals surface area contributed by atoms with Gasteiger partial charge in [-0.15, -0.1) is 11.3 Å². The fraction of sp³-hybridized carbons (Fsp3) is 0.500. The summed E-state index contributed by atoms with van der Waals surface area (Å²) in [7, 11) is 1.76. The van der Waals surface area contributed by atoms with Gasteiger partial charge in [0.25, 0.3) is 0 Å². The predicted molar refractivity (Wildman–Crippen MR) is 80.3 cm³/mol. The second-order valence-electron chi connectivity index (χ2n) is 5.83. The van der Waals surface area contributed by atoms with Crippen LogP contribution in [0.1, 0.15) is 36.5 Å². The first-order valence-electron chi connectivity index (χ1n) is 7.16. The van der Waals surface area contributed by atoms with Crippen LogP contribution in [0.25, 0.3) is 10.1 Å². The number of hydrogen-bond donors (Lipinski definition) is 1. The van der Waals surface area contributed by atoms with Crippen molar-refractivity contribution in [1.29, 1.82) is 0 Å². The van der Waals surface area contributed by atoms with Gasteiger partial charge in [0.2, 0.25) is 0 Å². The molecule has 4 rings (SSSR count). The number of benzene rings is 1. The molecule has 3 heteroatoms. The summed E-state index contributed by atoms with van der Waals surface area (Å²) in [6.45, 7) is 0. The van der Waals surface area contributed by atoms with Crippen LogP contribution >= 0.6 is 11.3 Å². The number of nitrogens with one attached hydrogen (secondary N) is 1. The number of ether oxygens (including phenoxy) is 1. The van der Waals surface area contributed by atoms with Gasteiger partial charge in [-0.1, -0.05) is 6.07 Å². The Balaban J connectivity index is 1.71. The molecule has 0 aliphatic carbocycles. The molecular weight excluding hydrogens is 254 g/mol. The van der Waals surface area contributed by atoms with Gasteiger partial charge in [-0.05, 0) is 49.8 Å². The van der Waals surface area contributed by atoms with Crippen molar-refractivity contribution in [3.63, 3.8) is 0 Å². The van der Waals surface area contributed by atoms with Crippen LogP contribution in [0, 0.1) is 0 Å². The van der Waals surface area contributed by atoms with Gasteiger partial charge in [-0.25, -0.2) is 0 Å². The molecule has 3 heterocycles. The van der Waals surface area contributed by atoms with E-state index in [-0.39, 0.29) is 0 Å². The van der Waals surface area contributed by atoms with Crippen molar-refractivity contribution in [1.82, 2.24) is 5.32 Å². The molecule has 0 saturated carbocycles. The average Bonchev–Trinajstić information content (AvgIpc) is 3.01. The van der Waals surface area contributed by atoms with Gasteiger partial charge in [-0.2, -0.15) is 0 Å². The maximum atomic E-state index is 5.48. The van der Waals surface area contributed by atoms with Gasteiger partial charge in [0.1, 0.15) is 5.75 Å². The van der Waals surface area contributed by atoms with E-state index in [1.54, 1.807) is 12.0 Å².